The van der Waals surface area contributed by atoms with Crippen molar-refractivity contribution < 1.29 is 8.78 Å². The summed E-state index contributed by atoms with van der Waals surface area (Å²) in [7, 11) is 0. The molecule has 3 nitrogen and oxygen atoms in total. The van der Waals surface area contributed by atoms with E-state index in [-0.39, 0.29) is 11.6 Å². The van der Waals surface area contributed by atoms with Gasteiger partial charge < -0.3 is 9.88 Å². The molecule has 30 heavy (non-hydrogen) atoms. The minimum atomic E-state index is -0.253. The van der Waals surface area contributed by atoms with Crippen LogP contribution >= 0.6 is 11.6 Å². The van der Waals surface area contributed by atoms with Gasteiger partial charge >= 0.3 is 0 Å². The molecule has 0 radical (unpaired) electrons. The maximum Gasteiger partial charge on any atom is 0.152 e. The normalized spacial score (nSPS) is 11.2. The van der Waals surface area contributed by atoms with Crippen LogP contribution in [0.4, 0.5) is 14.6 Å². The Bertz CT molecular complexity index is 1200. The van der Waals surface area contributed by atoms with Gasteiger partial charge in [0.25, 0.3) is 0 Å². The van der Waals surface area contributed by atoms with Crippen LogP contribution in [0.25, 0.3) is 10.9 Å². The molecule has 0 saturated heterocycles. The van der Waals surface area contributed by atoms with Crippen LogP contribution < -0.4 is 5.32 Å². The molecule has 0 aliphatic carbocycles. The van der Waals surface area contributed by atoms with Crippen LogP contribution in [0.3, 0.4) is 0 Å². The molecule has 2 aromatic heterocycles. The van der Waals surface area contributed by atoms with E-state index in [1.807, 2.05) is 19.1 Å². The van der Waals surface area contributed by atoms with Gasteiger partial charge in [0.2, 0.25) is 0 Å². The zero-order valence-corrected chi connectivity index (χ0v) is 17.6. The molecule has 0 saturated carbocycles. The summed E-state index contributed by atoms with van der Waals surface area (Å²) in [4.78, 5) is 4.52. The van der Waals surface area contributed by atoms with Crippen LogP contribution in [0.2, 0.25) is 5.15 Å². The molecule has 0 unspecified atom stereocenters. The Morgan fingerprint density at radius 3 is 2.47 bits per heavy atom. The van der Waals surface area contributed by atoms with Crippen LogP contribution in [0, 0.1) is 25.5 Å². The maximum atomic E-state index is 13.7. The highest BCUT2D eigenvalue weighted by atomic mass is 35.5. The SMILES string of the molecule is Cc1c(C)n(Cc2cccc(F)c2)c2c(NCCc3ccc(F)cc3)nc(Cl)cc12. The van der Waals surface area contributed by atoms with Crippen molar-refractivity contribution in [3.05, 3.63) is 93.8 Å². The predicted octanol–water partition coefficient (Wildman–Crippen LogP) is 6.29. The first-order valence-electron chi connectivity index (χ1n) is 9.81. The zero-order valence-electron chi connectivity index (χ0n) is 16.8. The smallest absolute Gasteiger partial charge is 0.152 e. The van der Waals surface area contributed by atoms with Crippen molar-refractivity contribution >= 4 is 28.3 Å². The Hall–Kier alpha value is -2.92. The topological polar surface area (TPSA) is 29.9 Å². The number of pyridine rings is 1. The van der Waals surface area contributed by atoms with E-state index in [0.29, 0.717) is 24.1 Å². The van der Waals surface area contributed by atoms with Crippen molar-refractivity contribution in [3.63, 3.8) is 0 Å². The van der Waals surface area contributed by atoms with Gasteiger partial charge in [0.1, 0.15) is 16.8 Å². The fourth-order valence-corrected chi connectivity index (χ4v) is 3.94. The fourth-order valence-electron chi connectivity index (χ4n) is 3.75. The first-order valence-corrected chi connectivity index (χ1v) is 10.2. The number of anilines is 1. The number of aromatic nitrogens is 2. The highest BCUT2D eigenvalue weighted by Crippen LogP contribution is 2.32. The summed E-state index contributed by atoms with van der Waals surface area (Å²) in [5, 5.41) is 4.82. The number of hydrogen-bond donors (Lipinski definition) is 1. The molecule has 4 aromatic rings. The zero-order chi connectivity index (χ0) is 21.3. The molecule has 4 rings (SSSR count). The number of nitrogens with zero attached hydrogens (tertiary/aromatic N) is 2. The highest BCUT2D eigenvalue weighted by Gasteiger charge is 2.17. The Balaban J connectivity index is 1.68. The van der Waals surface area contributed by atoms with Crippen molar-refractivity contribution in [1.82, 2.24) is 9.55 Å². The molecular weight excluding hydrogens is 404 g/mol. The minimum Gasteiger partial charge on any atom is -0.368 e. The molecule has 0 bridgehead atoms. The Kier molecular flexibility index (Phi) is 5.73. The lowest BCUT2D eigenvalue weighted by atomic mass is 10.1. The molecule has 0 spiro atoms. The summed E-state index contributed by atoms with van der Waals surface area (Å²) in [5.74, 6) is 0.190. The Morgan fingerprint density at radius 2 is 1.73 bits per heavy atom. The van der Waals surface area contributed by atoms with Gasteiger partial charge in [-0.1, -0.05) is 35.9 Å². The number of nitrogens with one attached hydrogen (secondary N) is 1. The summed E-state index contributed by atoms with van der Waals surface area (Å²) < 4.78 is 29.0. The van der Waals surface area contributed by atoms with E-state index in [9.17, 15) is 8.78 Å². The second-order valence-corrected chi connectivity index (χ2v) is 7.81. The van der Waals surface area contributed by atoms with E-state index in [1.165, 1.54) is 18.2 Å². The van der Waals surface area contributed by atoms with Gasteiger partial charge in [-0.15, -0.1) is 0 Å². The lowest BCUT2D eigenvalue weighted by Gasteiger charge is -2.13. The molecule has 0 aliphatic rings. The van der Waals surface area contributed by atoms with E-state index in [1.54, 1.807) is 24.3 Å². The molecule has 0 amide bonds. The first kappa shape index (κ1) is 20.4. The van der Waals surface area contributed by atoms with Gasteiger partial charge in [-0.25, -0.2) is 13.8 Å². The summed E-state index contributed by atoms with van der Waals surface area (Å²) in [6, 6.07) is 15.0. The third-order valence-corrected chi connectivity index (χ3v) is 5.63. The summed E-state index contributed by atoms with van der Waals surface area (Å²) in [6.45, 7) is 5.25. The van der Waals surface area contributed by atoms with Crippen molar-refractivity contribution in [3.8, 4) is 0 Å². The number of aryl methyl sites for hydroxylation is 1. The number of halogens is 3. The van der Waals surface area contributed by atoms with E-state index < -0.39 is 0 Å². The van der Waals surface area contributed by atoms with Gasteiger partial charge in [0, 0.05) is 24.2 Å². The predicted molar refractivity (Wildman–Crippen MR) is 118 cm³/mol. The molecule has 0 aliphatic heterocycles. The Morgan fingerprint density at radius 1 is 0.967 bits per heavy atom. The average molecular weight is 426 g/mol. The van der Waals surface area contributed by atoms with Crippen molar-refractivity contribution in [2.24, 2.45) is 0 Å². The second kappa shape index (κ2) is 8.44. The van der Waals surface area contributed by atoms with Crippen LogP contribution in [-0.4, -0.2) is 16.1 Å². The van der Waals surface area contributed by atoms with Crippen molar-refractivity contribution in [2.75, 3.05) is 11.9 Å². The van der Waals surface area contributed by atoms with E-state index >= 15 is 0 Å². The first-order chi connectivity index (χ1) is 14.4. The monoisotopic (exact) mass is 425 g/mol. The molecule has 2 heterocycles. The van der Waals surface area contributed by atoms with Crippen molar-refractivity contribution in [2.45, 2.75) is 26.8 Å². The van der Waals surface area contributed by atoms with Crippen LogP contribution in [0.1, 0.15) is 22.4 Å². The van der Waals surface area contributed by atoms with Crippen molar-refractivity contribution in [1.29, 1.82) is 0 Å². The summed E-state index contributed by atoms with van der Waals surface area (Å²) in [5.41, 5.74) is 5.05. The lowest BCUT2D eigenvalue weighted by molar-refractivity contribution is 0.623. The quantitative estimate of drug-likeness (QED) is 0.368. The van der Waals surface area contributed by atoms with E-state index in [2.05, 4.69) is 21.8 Å². The molecule has 1 N–H and O–H groups in total. The summed E-state index contributed by atoms with van der Waals surface area (Å²) >= 11 is 6.30. The van der Waals surface area contributed by atoms with E-state index in [0.717, 1.165) is 39.7 Å². The van der Waals surface area contributed by atoms with Crippen LogP contribution in [-0.2, 0) is 13.0 Å². The molecular formula is C24H22ClF2N3. The van der Waals surface area contributed by atoms with Gasteiger partial charge in [0.15, 0.2) is 5.82 Å². The number of fused-ring (bicyclic) bond motifs is 1. The molecule has 0 atom stereocenters. The van der Waals surface area contributed by atoms with Crippen LogP contribution in [0.15, 0.2) is 54.6 Å². The average Bonchev–Trinajstić information content (AvgIpc) is 2.94. The van der Waals surface area contributed by atoms with Gasteiger partial charge in [-0.05, 0) is 67.3 Å². The lowest BCUT2D eigenvalue weighted by Crippen LogP contribution is -2.10. The van der Waals surface area contributed by atoms with Gasteiger partial charge in [0.05, 0.1) is 5.52 Å². The molecule has 2 aromatic carbocycles. The van der Waals surface area contributed by atoms with Gasteiger partial charge in [-0.2, -0.15) is 0 Å². The number of rotatable bonds is 6. The molecule has 0 fully saturated rings. The number of benzene rings is 2. The highest BCUT2D eigenvalue weighted by molar-refractivity contribution is 6.30. The standard InChI is InChI=1S/C24H22ClF2N3/c1-15-16(2)30(14-18-4-3-5-20(27)12-18)23-21(15)13-22(25)29-24(23)28-11-10-17-6-8-19(26)9-7-17/h3-9,12-13H,10-11,14H2,1-2H3,(H,28,29). The molecule has 154 valence electrons. The second-order valence-electron chi connectivity index (χ2n) is 7.42. The maximum absolute atomic E-state index is 13.7. The summed E-state index contributed by atoms with van der Waals surface area (Å²) in [6.07, 6.45) is 0.721. The largest absolute Gasteiger partial charge is 0.368 e. The van der Waals surface area contributed by atoms with E-state index in [4.69, 9.17) is 11.6 Å². The van der Waals surface area contributed by atoms with Crippen LogP contribution in [0.5, 0.6) is 0 Å². The fraction of sp³-hybridized carbons (Fsp3) is 0.208. The third kappa shape index (κ3) is 4.17. The number of hydrogen-bond acceptors (Lipinski definition) is 2. The third-order valence-electron chi connectivity index (χ3n) is 5.43. The van der Waals surface area contributed by atoms with Gasteiger partial charge in [-0.3, -0.25) is 0 Å². The minimum absolute atomic E-state index is 0.244. The Labute approximate surface area is 179 Å². The molecule has 6 heteroatoms.